The summed E-state index contributed by atoms with van der Waals surface area (Å²) in [5.74, 6) is 0.530. The molecule has 2 fully saturated rings. The van der Waals surface area contributed by atoms with E-state index in [4.69, 9.17) is 4.74 Å². The standard InChI is InChI=1S/C21H28N4O2/c1-16(2)18-5-7-19(8-6-18)25-13-17(11-22-25)12-24-10-4-9-21(15-24)14-23(3)20(26)27-21/h5-8,11,13,16H,4,9-10,12,14-15H2,1-3H3/t21-/m0/s1. The number of piperidine rings is 1. The molecule has 2 aromatic rings. The maximum absolute atomic E-state index is 11.8. The number of aromatic nitrogens is 2. The Hall–Kier alpha value is -2.34. The number of ether oxygens (including phenoxy) is 1. The molecule has 3 heterocycles. The third-order valence-corrected chi connectivity index (χ3v) is 5.63. The topological polar surface area (TPSA) is 50.6 Å². The van der Waals surface area contributed by atoms with Crippen molar-refractivity contribution < 1.29 is 9.53 Å². The van der Waals surface area contributed by atoms with Crippen molar-refractivity contribution >= 4 is 6.09 Å². The van der Waals surface area contributed by atoms with Crippen LogP contribution >= 0.6 is 0 Å². The third kappa shape index (κ3) is 3.72. The van der Waals surface area contributed by atoms with E-state index in [-0.39, 0.29) is 11.7 Å². The van der Waals surface area contributed by atoms with Gasteiger partial charge in [0.1, 0.15) is 5.60 Å². The number of likely N-dealkylation sites (tertiary alicyclic amines) is 1. The fraction of sp³-hybridized carbons (Fsp3) is 0.524. The van der Waals surface area contributed by atoms with Gasteiger partial charge in [-0.05, 0) is 43.0 Å². The van der Waals surface area contributed by atoms with Crippen molar-refractivity contribution in [3.8, 4) is 5.69 Å². The molecular weight excluding hydrogens is 340 g/mol. The lowest BCUT2D eigenvalue weighted by molar-refractivity contribution is -0.0113. The van der Waals surface area contributed by atoms with Crippen LogP contribution in [0.25, 0.3) is 5.69 Å². The highest BCUT2D eigenvalue weighted by molar-refractivity contribution is 5.70. The molecule has 6 nitrogen and oxygen atoms in total. The monoisotopic (exact) mass is 368 g/mol. The van der Waals surface area contributed by atoms with Gasteiger partial charge in [0.25, 0.3) is 0 Å². The lowest BCUT2D eigenvalue weighted by atomic mass is 9.92. The van der Waals surface area contributed by atoms with E-state index in [0.717, 1.165) is 38.2 Å². The van der Waals surface area contributed by atoms with Crippen molar-refractivity contribution in [1.82, 2.24) is 19.6 Å². The second-order valence-electron chi connectivity index (χ2n) is 8.26. The van der Waals surface area contributed by atoms with Gasteiger partial charge in [-0.1, -0.05) is 26.0 Å². The number of carbonyl (C=O) groups excluding carboxylic acids is 1. The van der Waals surface area contributed by atoms with Gasteiger partial charge < -0.3 is 9.64 Å². The Morgan fingerprint density at radius 2 is 2.00 bits per heavy atom. The molecule has 1 aromatic carbocycles. The molecule has 144 valence electrons. The van der Waals surface area contributed by atoms with Crippen molar-refractivity contribution in [3.63, 3.8) is 0 Å². The minimum atomic E-state index is -0.341. The van der Waals surface area contributed by atoms with Crippen LogP contribution in [0.1, 0.15) is 43.7 Å². The molecule has 4 rings (SSSR count). The Labute approximate surface area is 160 Å². The maximum atomic E-state index is 11.8. The van der Waals surface area contributed by atoms with Gasteiger partial charge in [0, 0.05) is 31.9 Å². The molecule has 0 bridgehead atoms. The van der Waals surface area contributed by atoms with E-state index < -0.39 is 0 Å². The molecule has 2 aliphatic rings. The first-order valence-electron chi connectivity index (χ1n) is 9.74. The van der Waals surface area contributed by atoms with Crippen molar-refractivity contribution in [1.29, 1.82) is 0 Å². The maximum Gasteiger partial charge on any atom is 0.410 e. The smallest absolute Gasteiger partial charge is 0.410 e. The van der Waals surface area contributed by atoms with Gasteiger partial charge in [-0.3, -0.25) is 4.90 Å². The number of likely N-dealkylation sites (N-methyl/N-ethyl adjacent to an activating group) is 1. The van der Waals surface area contributed by atoms with Crippen molar-refractivity contribution in [2.24, 2.45) is 0 Å². The lowest BCUT2D eigenvalue weighted by Gasteiger charge is -2.38. The van der Waals surface area contributed by atoms with Crippen LogP contribution in [0.2, 0.25) is 0 Å². The van der Waals surface area contributed by atoms with Crippen LogP contribution < -0.4 is 0 Å². The van der Waals surface area contributed by atoms with E-state index in [2.05, 4.69) is 54.3 Å². The molecule has 0 aliphatic carbocycles. The van der Waals surface area contributed by atoms with Crippen LogP contribution in [0.15, 0.2) is 36.7 Å². The van der Waals surface area contributed by atoms with Crippen molar-refractivity contribution in [3.05, 3.63) is 47.8 Å². The number of benzene rings is 1. The zero-order valence-electron chi connectivity index (χ0n) is 16.4. The molecule has 0 saturated carbocycles. The van der Waals surface area contributed by atoms with Crippen molar-refractivity contribution in [2.75, 3.05) is 26.7 Å². The van der Waals surface area contributed by atoms with Gasteiger partial charge in [-0.2, -0.15) is 5.10 Å². The Kier molecular flexibility index (Phi) is 4.68. The van der Waals surface area contributed by atoms with Crippen molar-refractivity contribution in [2.45, 2.75) is 44.8 Å². The molecule has 1 spiro atoms. The first kappa shape index (κ1) is 18.0. The largest absolute Gasteiger partial charge is 0.440 e. The summed E-state index contributed by atoms with van der Waals surface area (Å²) in [5.41, 5.74) is 3.25. The Bertz CT molecular complexity index is 814. The molecule has 0 radical (unpaired) electrons. The first-order valence-corrected chi connectivity index (χ1v) is 9.74. The van der Waals surface area contributed by atoms with E-state index in [9.17, 15) is 4.79 Å². The Morgan fingerprint density at radius 1 is 1.22 bits per heavy atom. The zero-order chi connectivity index (χ0) is 19.0. The van der Waals surface area contributed by atoms with Crippen LogP contribution in [0, 0.1) is 0 Å². The quantitative estimate of drug-likeness (QED) is 0.830. The van der Waals surface area contributed by atoms with E-state index >= 15 is 0 Å². The van der Waals surface area contributed by atoms with E-state index in [0.29, 0.717) is 12.5 Å². The van der Waals surface area contributed by atoms with Gasteiger partial charge in [-0.25, -0.2) is 9.48 Å². The summed E-state index contributed by atoms with van der Waals surface area (Å²) in [4.78, 5) is 15.9. The van der Waals surface area contributed by atoms with Gasteiger partial charge in [-0.15, -0.1) is 0 Å². The van der Waals surface area contributed by atoms with E-state index in [1.807, 2.05) is 17.9 Å². The Balaban J connectivity index is 1.42. The van der Waals surface area contributed by atoms with Crippen LogP contribution in [0.4, 0.5) is 4.79 Å². The zero-order valence-corrected chi connectivity index (χ0v) is 16.4. The van der Waals surface area contributed by atoms with Crippen LogP contribution in [-0.4, -0.2) is 58.0 Å². The lowest BCUT2D eigenvalue weighted by Crippen LogP contribution is -2.50. The minimum absolute atomic E-state index is 0.200. The van der Waals surface area contributed by atoms with Gasteiger partial charge in [0.2, 0.25) is 0 Å². The molecule has 2 aliphatic heterocycles. The van der Waals surface area contributed by atoms with Crippen LogP contribution in [-0.2, 0) is 11.3 Å². The van der Waals surface area contributed by atoms with Gasteiger partial charge >= 0.3 is 6.09 Å². The average Bonchev–Trinajstić information content (AvgIpc) is 3.20. The molecule has 1 atom stereocenters. The van der Waals surface area contributed by atoms with Crippen LogP contribution in [0.3, 0.4) is 0 Å². The number of hydrogen-bond donors (Lipinski definition) is 0. The Morgan fingerprint density at radius 3 is 2.67 bits per heavy atom. The fourth-order valence-corrected chi connectivity index (χ4v) is 4.18. The molecule has 6 heteroatoms. The molecule has 0 unspecified atom stereocenters. The summed E-state index contributed by atoms with van der Waals surface area (Å²) in [6.07, 6.45) is 5.82. The SMILES string of the molecule is CC(C)c1ccc(-n2cc(CN3CCC[C@@]4(C3)CN(C)C(=O)O4)cn2)cc1. The number of hydrogen-bond acceptors (Lipinski definition) is 4. The third-order valence-electron chi connectivity index (χ3n) is 5.63. The number of rotatable bonds is 4. The summed E-state index contributed by atoms with van der Waals surface area (Å²) in [7, 11) is 1.81. The van der Waals surface area contributed by atoms with Gasteiger partial charge in [0.15, 0.2) is 0 Å². The predicted octanol–water partition coefficient (Wildman–Crippen LogP) is 3.41. The molecule has 1 amide bonds. The summed E-state index contributed by atoms with van der Waals surface area (Å²) in [5, 5.41) is 4.54. The predicted molar refractivity (Wildman–Crippen MR) is 104 cm³/mol. The summed E-state index contributed by atoms with van der Waals surface area (Å²) in [6.45, 7) is 7.73. The number of amides is 1. The second kappa shape index (κ2) is 7.00. The molecular formula is C21H28N4O2. The molecule has 27 heavy (non-hydrogen) atoms. The summed E-state index contributed by atoms with van der Waals surface area (Å²) < 4.78 is 7.63. The summed E-state index contributed by atoms with van der Waals surface area (Å²) >= 11 is 0. The highest BCUT2D eigenvalue weighted by atomic mass is 16.6. The first-order chi connectivity index (χ1) is 12.9. The van der Waals surface area contributed by atoms with E-state index in [1.54, 1.807) is 4.90 Å². The normalized spacial score (nSPS) is 23.4. The molecule has 1 aromatic heterocycles. The average molecular weight is 368 g/mol. The van der Waals surface area contributed by atoms with Crippen LogP contribution in [0.5, 0.6) is 0 Å². The van der Waals surface area contributed by atoms with Gasteiger partial charge in [0.05, 0.1) is 18.4 Å². The number of nitrogens with zero attached hydrogens (tertiary/aromatic N) is 4. The molecule has 0 N–H and O–H groups in total. The second-order valence-corrected chi connectivity index (χ2v) is 8.26. The fourth-order valence-electron chi connectivity index (χ4n) is 4.18. The summed E-state index contributed by atoms with van der Waals surface area (Å²) in [6, 6.07) is 8.58. The number of carbonyl (C=O) groups is 1. The van der Waals surface area contributed by atoms with E-state index in [1.165, 1.54) is 11.1 Å². The minimum Gasteiger partial charge on any atom is -0.440 e. The highest BCUT2D eigenvalue weighted by Crippen LogP contribution is 2.32. The highest BCUT2D eigenvalue weighted by Gasteiger charge is 2.46. The molecule has 2 saturated heterocycles.